The van der Waals surface area contributed by atoms with Crippen molar-refractivity contribution in [2.45, 2.75) is 19.5 Å². The van der Waals surface area contributed by atoms with Crippen molar-refractivity contribution in [1.29, 1.82) is 0 Å². The van der Waals surface area contributed by atoms with Crippen LogP contribution in [0.2, 0.25) is 0 Å². The second kappa shape index (κ2) is 14.1. The molecule has 1 N–H and O–H groups in total. The Hall–Kier alpha value is -6.71. The minimum absolute atomic E-state index is 0.166. The van der Waals surface area contributed by atoms with Crippen LogP contribution in [0.15, 0.2) is 194 Å². The van der Waals surface area contributed by atoms with Crippen LogP contribution in [0, 0.1) is 0 Å². The number of hydrogen-bond donors (Lipinski definition) is 1. The maximum atomic E-state index is 5.33. The normalized spacial score (nSPS) is 13.4. The molecule has 2 heterocycles. The van der Waals surface area contributed by atoms with Crippen LogP contribution >= 0.6 is 0 Å². The number of fused-ring (bicyclic) bond motifs is 1. The fourth-order valence-corrected chi connectivity index (χ4v) is 7.78. The third kappa shape index (κ3) is 6.07. The number of pyridine rings is 1. The number of rotatable bonds is 8. The Balaban J connectivity index is 1.21. The Bertz CT molecular complexity index is 2480. The van der Waals surface area contributed by atoms with Gasteiger partial charge < -0.3 is 10.2 Å². The molecule has 254 valence electrons. The molecule has 0 saturated heterocycles. The van der Waals surface area contributed by atoms with Crippen molar-refractivity contribution in [2.24, 2.45) is 0 Å². The van der Waals surface area contributed by atoms with Crippen molar-refractivity contribution in [3.05, 3.63) is 194 Å². The highest BCUT2D eigenvalue weighted by atomic mass is 15.3. The van der Waals surface area contributed by atoms with Crippen molar-refractivity contribution in [3.63, 3.8) is 0 Å². The maximum absolute atomic E-state index is 5.33. The number of nitrogens with zero attached hydrogens (tertiary/aromatic N) is 2. The van der Waals surface area contributed by atoms with Crippen LogP contribution < -0.4 is 10.2 Å². The predicted molar refractivity (Wildman–Crippen MR) is 223 cm³/mol. The molecular formula is C50H39N3. The van der Waals surface area contributed by atoms with Crippen LogP contribution in [0.25, 0.3) is 67.0 Å². The highest BCUT2D eigenvalue weighted by Gasteiger charge is 2.30. The highest BCUT2D eigenvalue weighted by Crippen LogP contribution is 2.47. The number of hydrogen-bond acceptors (Lipinski definition) is 3. The second-order valence-electron chi connectivity index (χ2n) is 13.5. The average molecular weight is 682 g/mol. The zero-order valence-corrected chi connectivity index (χ0v) is 29.7. The van der Waals surface area contributed by atoms with Crippen LogP contribution in [-0.2, 0) is 0 Å². The van der Waals surface area contributed by atoms with Crippen molar-refractivity contribution < 1.29 is 0 Å². The first-order chi connectivity index (χ1) is 26.3. The summed E-state index contributed by atoms with van der Waals surface area (Å²) in [4.78, 5) is 7.80. The van der Waals surface area contributed by atoms with Crippen molar-refractivity contribution >= 4 is 17.1 Å². The zero-order valence-electron chi connectivity index (χ0n) is 29.7. The molecule has 1 aromatic heterocycles. The van der Waals surface area contributed by atoms with E-state index in [0.29, 0.717) is 0 Å². The molecule has 1 aliphatic rings. The van der Waals surface area contributed by atoms with Gasteiger partial charge in [0.05, 0.1) is 28.5 Å². The van der Waals surface area contributed by atoms with Gasteiger partial charge in [-0.2, -0.15) is 0 Å². The largest absolute Gasteiger partial charge is 0.363 e. The number of anilines is 3. The molecule has 0 aliphatic carbocycles. The van der Waals surface area contributed by atoms with Gasteiger partial charge in [-0.3, -0.25) is 0 Å². The van der Waals surface area contributed by atoms with Crippen molar-refractivity contribution in [2.75, 3.05) is 10.2 Å². The van der Waals surface area contributed by atoms with Gasteiger partial charge in [0.2, 0.25) is 0 Å². The van der Waals surface area contributed by atoms with Gasteiger partial charge in [0.1, 0.15) is 6.17 Å². The van der Waals surface area contributed by atoms with Gasteiger partial charge >= 0.3 is 0 Å². The molecule has 0 bridgehead atoms. The van der Waals surface area contributed by atoms with Crippen molar-refractivity contribution in [3.8, 4) is 67.0 Å². The van der Waals surface area contributed by atoms with Crippen LogP contribution in [0.3, 0.4) is 0 Å². The highest BCUT2D eigenvalue weighted by molar-refractivity contribution is 5.99. The Labute approximate surface area is 311 Å². The zero-order chi connectivity index (χ0) is 35.6. The average Bonchev–Trinajstić information content (AvgIpc) is 3.63. The van der Waals surface area contributed by atoms with Gasteiger partial charge in [0, 0.05) is 16.7 Å². The summed E-state index contributed by atoms with van der Waals surface area (Å²) >= 11 is 0. The molecule has 0 amide bonds. The summed E-state index contributed by atoms with van der Waals surface area (Å²) in [5.41, 5.74) is 17.0. The minimum Gasteiger partial charge on any atom is -0.363 e. The van der Waals surface area contributed by atoms with Crippen LogP contribution in [0.5, 0.6) is 0 Å². The third-order valence-electron chi connectivity index (χ3n) is 10.3. The van der Waals surface area contributed by atoms with E-state index in [1.165, 1.54) is 50.4 Å². The molecule has 9 rings (SSSR count). The lowest BCUT2D eigenvalue weighted by atomic mass is 9.86. The fraction of sp³-hybridized carbons (Fsp3) is 0.0600. The Kier molecular flexibility index (Phi) is 8.59. The van der Waals surface area contributed by atoms with E-state index < -0.39 is 0 Å². The first-order valence-corrected chi connectivity index (χ1v) is 18.4. The van der Waals surface area contributed by atoms with E-state index in [9.17, 15) is 0 Å². The van der Waals surface area contributed by atoms with Gasteiger partial charge in [-0.05, 0) is 75.7 Å². The van der Waals surface area contributed by atoms with E-state index in [1.807, 2.05) is 0 Å². The SMILES string of the molecule is CCC1Nc2ccccc2N1c1ccccc1-c1ccccc1-c1ccccc1-c1ccccc1-c1cc(-c2ccccc2)cc(-c2ccccc2)n1. The van der Waals surface area contributed by atoms with E-state index in [1.54, 1.807) is 0 Å². The number of benzene rings is 7. The van der Waals surface area contributed by atoms with E-state index >= 15 is 0 Å². The summed E-state index contributed by atoms with van der Waals surface area (Å²) in [5, 5.41) is 3.76. The van der Waals surface area contributed by atoms with Gasteiger partial charge in [-0.25, -0.2) is 4.98 Å². The lowest BCUT2D eigenvalue weighted by molar-refractivity contribution is 0.729. The fourth-order valence-electron chi connectivity index (χ4n) is 7.78. The van der Waals surface area contributed by atoms with E-state index in [4.69, 9.17) is 4.98 Å². The summed E-state index contributed by atoms with van der Waals surface area (Å²) in [6.07, 6.45) is 1.13. The molecule has 1 unspecified atom stereocenters. The van der Waals surface area contributed by atoms with Crippen LogP contribution in [0.1, 0.15) is 13.3 Å². The molecule has 3 nitrogen and oxygen atoms in total. The molecule has 0 spiro atoms. The Morgan fingerprint density at radius 3 is 1.45 bits per heavy atom. The lowest BCUT2D eigenvalue weighted by Gasteiger charge is -2.29. The molecule has 1 aliphatic heterocycles. The lowest BCUT2D eigenvalue weighted by Crippen LogP contribution is -2.31. The Morgan fingerprint density at radius 1 is 0.415 bits per heavy atom. The number of para-hydroxylation sites is 3. The number of nitrogens with one attached hydrogen (secondary N) is 1. The number of aromatic nitrogens is 1. The quantitative estimate of drug-likeness (QED) is 0.173. The molecule has 0 saturated carbocycles. The molecule has 1 atom stereocenters. The molecule has 0 fully saturated rings. The molecule has 3 heteroatoms. The minimum atomic E-state index is 0.166. The molecule has 8 aromatic rings. The first kappa shape index (κ1) is 32.2. The maximum Gasteiger partial charge on any atom is 0.104 e. The molecule has 0 radical (unpaired) electrons. The van der Waals surface area contributed by atoms with E-state index in [0.717, 1.165) is 40.1 Å². The van der Waals surface area contributed by atoms with Crippen LogP contribution in [0.4, 0.5) is 17.1 Å². The topological polar surface area (TPSA) is 28.2 Å². The van der Waals surface area contributed by atoms with Crippen molar-refractivity contribution in [1.82, 2.24) is 4.98 Å². The molecular weight excluding hydrogens is 643 g/mol. The summed E-state index contributed by atoms with van der Waals surface area (Å²) in [7, 11) is 0. The smallest absolute Gasteiger partial charge is 0.104 e. The third-order valence-corrected chi connectivity index (χ3v) is 10.3. The van der Waals surface area contributed by atoms with Gasteiger partial charge in [0.15, 0.2) is 0 Å². The molecule has 53 heavy (non-hydrogen) atoms. The van der Waals surface area contributed by atoms with E-state index in [-0.39, 0.29) is 6.17 Å². The van der Waals surface area contributed by atoms with Crippen LogP contribution in [-0.4, -0.2) is 11.1 Å². The Morgan fingerprint density at radius 2 is 0.849 bits per heavy atom. The summed E-state index contributed by atoms with van der Waals surface area (Å²) in [6, 6.07) is 69.3. The van der Waals surface area contributed by atoms with Gasteiger partial charge in [-0.1, -0.05) is 171 Å². The first-order valence-electron chi connectivity index (χ1n) is 18.4. The summed E-state index contributed by atoms with van der Waals surface area (Å²) in [5.74, 6) is 0. The van der Waals surface area contributed by atoms with Gasteiger partial charge in [0.25, 0.3) is 0 Å². The summed E-state index contributed by atoms with van der Waals surface area (Å²) in [6.45, 7) is 2.24. The standard InChI is InChI=1S/C50H39N3/c1-2-50-52-45-30-16-18-32-49(45)53(50)48-31-17-15-29-44(48)42-27-12-11-25-40(42)38-23-9-10-24-39(38)41-26-13-14-28-43(41)47-34-37(35-19-5-3-6-20-35)33-46(51-47)36-21-7-4-8-22-36/h3-34,50,52H,2H2,1H3. The molecule has 7 aromatic carbocycles. The predicted octanol–water partition coefficient (Wildman–Crippen LogP) is 13.4. The van der Waals surface area contributed by atoms with Gasteiger partial charge in [-0.15, -0.1) is 0 Å². The second-order valence-corrected chi connectivity index (χ2v) is 13.5. The monoisotopic (exact) mass is 681 g/mol. The van der Waals surface area contributed by atoms with E-state index in [2.05, 4.69) is 211 Å². The summed E-state index contributed by atoms with van der Waals surface area (Å²) < 4.78 is 0.